The summed E-state index contributed by atoms with van der Waals surface area (Å²) in [7, 11) is 4.27. The molecule has 0 aliphatic carbocycles. The summed E-state index contributed by atoms with van der Waals surface area (Å²) < 4.78 is 0. The molecule has 1 saturated heterocycles. The van der Waals surface area contributed by atoms with E-state index in [1.54, 1.807) is 5.38 Å². The largest absolute Gasteiger partial charge is 0.370 e. The number of hydrogen-bond acceptors (Lipinski definition) is 7. The maximum Gasteiger partial charge on any atom is 0.276 e. The van der Waals surface area contributed by atoms with Gasteiger partial charge in [-0.2, -0.15) is 0 Å². The second kappa shape index (κ2) is 12.4. The molecule has 28 heavy (non-hydrogen) atoms. The van der Waals surface area contributed by atoms with Crippen molar-refractivity contribution < 1.29 is 4.79 Å². The molecule has 3 rings (SSSR count). The molecule has 0 bridgehead atoms. The van der Waals surface area contributed by atoms with Crippen molar-refractivity contribution in [1.82, 2.24) is 14.9 Å². The Morgan fingerprint density at radius 3 is 2.46 bits per heavy atom. The number of hydrogen-bond donors (Lipinski definition) is 2. The quantitative estimate of drug-likeness (QED) is 0.700. The van der Waals surface area contributed by atoms with Crippen molar-refractivity contribution in [2.75, 3.05) is 37.4 Å². The molecular weight excluding hydrogens is 443 g/mol. The van der Waals surface area contributed by atoms with Crippen molar-refractivity contribution in [3.05, 3.63) is 34.4 Å². The average Bonchev–Trinajstić information content (AvgIpc) is 3.12. The van der Waals surface area contributed by atoms with Crippen molar-refractivity contribution in [2.24, 2.45) is 5.73 Å². The number of rotatable bonds is 5. The zero-order valence-electron chi connectivity index (χ0n) is 15.8. The lowest BCUT2D eigenvalue weighted by Crippen LogP contribution is -2.42. The Morgan fingerprint density at radius 1 is 1.29 bits per heavy atom. The van der Waals surface area contributed by atoms with E-state index in [1.807, 2.05) is 18.3 Å². The van der Waals surface area contributed by atoms with Gasteiger partial charge in [0, 0.05) is 31.1 Å². The zero-order valence-corrected chi connectivity index (χ0v) is 19.1. The van der Waals surface area contributed by atoms with Gasteiger partial charge in [0.2, 0.25) is 0 Å². The van der Waals surface area contributed by atoms with Gasteiger partial charge in [-0.05, 0) is 39.1 Å². The minimum absolute atomic E-state index is 0. The monoisotopic (exact) mass is 468 g/mol. The number of thiazole rings is 1. The highest BCUT2D eigenvalue weighted by atomic mass is 35.5. The molecule has 1 aliphatic heterocycles. The summed E-state index contributed by atoms with van der Waals surface area (Å²) in [6.07, 6.45) is 4.12. The zero-order chi connectivity index (χ0) is 17.8. The van der Waals surface area contributed by atoms with E-state index >= 15 is 0 Å². The minimum Gasteiger partial charge on any atom is -0.370 e. The van der Waals surface area contributed by atoms with E-state index in [1.165, 1.54) is 11.3 Å². The lowest BCUT2D eigenvalue weighted by molar-refractivity contribution is 0.102. The fourth-order valence-corrected chi connectivity index (χ4v) is 3.63. The molecule has 0 radical (unpaired) electrons. The number of piperidine rings is 1. The fraction of sp³-hybridized carbons (Fsp3) is 0.471. The topological polar surface area (TPSA) is 87.4 Å². The molecule has 0 spiro atoms. The summed E-state index contributed by atoms with van der Waals surface area (Å²) in [6.45, 7) is 2.39. The molecule has 1 fully saturated rings. The Kier molecular flexibility index (Phi) is 11.9. The highest BCUT2D eigenvalue weighted by molar-refractivity contribution is 7.09. The Balaban J connectivity index is 0.00000243. The molecule has 7 nitrogen and oxygen atoms in total. The summed E-state index contributed by atoms with van der Waals surface area (Å²) >= 11 is 1.38. The van der Waals surface area contributed by atoms with Crippen molar-refractivity contribution >= 4 is 66.0 Å². The molecule has 158 valence electrons. The molecule has 3 heterocycles. The molecule has 0 atom stereocenters. The number of nitrogens with zero attached hydrogens (tertiary/aromatic N) is 4. The molecule has 2 aromatic rings. The van der Waals surface area contributed by atoms with Gasteiger partial charge in [0.25, 0.3) is 5.91 Å². The Bertz CT molecular complexity index is 720. The first-order valence-electron chi connectivity index (χ1n) is 8.40. The van der Waals surface area contributed by atoms with Crippen LogP contribution in [-0.4, -0.2) is 54.0 Å². The number of carbonyl (C=O) groups is 1. The van der Waals surface area contributed by atoms with Crippen molar-refractivity contribution in [2.45, 2.75) is 25.4 Å². The van der Waals surface area contributed by atoms with Crippen LogP contribution in [0.15, 0.2) is 23.7 Å². The van der Waals surface area contributed by atoms with Gasteiger partial charge in [0.1, 0.15) is 16.5 Å². The SMILES string of the molecule is CN(C)C1CCN(c2ccc(NC(=O)c3csc(CN)n3)nc2)CC1.Cl.Cl.Cl. The molecule has 0 unspecified atom stereocenters. The second-order valence-corrected chi connectivity index (χ2v) is 7.31. The Morgan fingerprint density at radius 2 is 1.96 bits per heavy atom. The molecule has 0 aromatic carbocycles. The van der Waals surface area contributed by atoms with Crippen LogP contribution in [0.1, 0.15) is 28.3 Å². The predicted molar refractivity (Wildman–Crippen MR) is 123 cm³/mol. The maximum absolute atomic E-state index is 12.2. The molecule has 11 heteroatoms. The third-order valence-electron chi connectivity index (χ3n) is 4.51. The summed E-state index contributed by atoms with van der Waals surface area (Å²) in [4.78, 5) is 25.3. The normalized spacial score (nSPS) is 13.9. The third-order valence-corrected chi connectivity index (χ3v) is 5.38. The van der Waals surface area contributed by atoms with Crippen LogP contribution in [-0.2, 0) is 6.54 Å². The van der Waals surface area contributed by atoms with Gasteiger partial charge in [-0.1, -0.05) is 0 Å². The van der Waals surface area contributed by atoms with Gasteiger partial charge in [0.05, 0.1) is 11.9 Å². The van der Waals surface area contributed by atoms with Crippen LogP contribution < -0.4 is 16.0 Å². The second-order valence-electron chi connectivity index (χ2n) is 6.37. The highest BCUT2D eigenvalue weighted by Crippen LogP contribution is 2.22. The van der Waals surface area contributed by atoms with E-state index < -0.39 is 0 Å². The first kappa shape index (κ1) is 26.8. The van der Waals surface area contributed by atoms with Crippen LogP contribution in [0.25, 0.3) is 0 Å². The highest BCUT2D eigenvalue weighted by Gasteiger charge is 2.21. The van der Waals surface area contributed by atoms with E-state index in [9.17, 15) is 4.79 Å². The lowest BCUT2D eigenvalue weighted by Gasteiger charge is -2.36. The first-order chi connectivity index (χ1) is 12.1. The van der Waals surface area contributed by atoms with Gasteiger partial charge >= 0.3 is 0 Å². The molecular formula is C17H27Cl3N6OS. The molecule has 3 N–H and O–H groups in total. The Hall–Kier alpha value is -1.16. The standard InChI is InChI=1S/C17H24N6OS.3ClH/c1-22(2)12-5-7-23(8-6-12)13-3-4-15(19-10-13)21-17(24)14-11-25-16(9-18)20-14;;;/h3-4,10-12H,5-9,18H2,1-2H3,(H,19,21,24);3*1H. The van der Waals surface area contributed by atoms with E-state index in [2.05, 4.69) is 39.2 Å². The number of carbonyl (C=O) groups excluding carboxylic acids is 1. The van der Waals surface area contributed by atoms with Gasteiger partial charge in [-0.25, -0.2) is 9.97 Å². The van der Waals surface area contributed by atoms with Gasteiger partial charge in [-0.15, -0.1) is 48.6 Å². The van der Waals surface area contributed by atoms with Gasteiger partial charge in [-0.3, -0.25) is 4.79 Å². The summed E-state index contributed by atoms with van der Waals surface area (Å²) in [5, 5.41) is 5.23. The van der Waals surface area contributed by atoms with Crippen LogP contribution in [0.2, 0.25) is 0 Å². The van der Waals surface area contributed by atoms with Crippen LogP contribution in [0.5, 0.6) is 0 Å². The number of nitrogens with two attached hydrogens (primary N) is 1. The van der Waals surface area contributed by atoms with Crippen molar-refractivity contribution in [1.29, 1.82) is 0 Å². The van der Waals surface area contributed by atoms with Crippen LogP contribution in [0, 0.1) is 0 Å². The van der Waals surface area contributed by atoms with E-state index in [0.29, 0.717) is 24.1 Å². The number of aromatic nitrogens is 2. The van der Waals surface area contributed by atoms with Gasteiger partial charge < -0.3 is 20.9 Å². The molecule has 1 aliphatic rings. The summed E-state index contributed by atoms with van der Waals surface area (Å²) in [5.41, 5.74) is 6.99. The molecule has 2 aromatic heterocycles. The summed E-state index contributed by atoms with van der Waals surface area (Å²) in [6, 6.07) is 4.49. The van der Waals surface area contributed by atoms with Crippen molar-refractivity contribution in [3.8, 4) is 0 Å². The molecule has 1 amide bonds. The average molecular weight is 470 g/mol. The first-order valence-corrected chi connectivity index (χ1v) is 9.28. The van der Waals surface area contributed by atoms with Crippen LogP contribution >= 0.6 is 48.6 Å². The van der Waals surface area contributed by atoms with E-state index in [-0.39, 0.29) is 43.1 Å². The third kappa shape index (κ3) is 6.72. The lowest BCUT2D eigenvalue weighted by atomic mass is 10.0. The number of anilines is 2. The summed E-state index contributed by atoms with van der Waals surface area (Å²) in [5.74, 6) is 0.266. The maximum atomic E-state index is 12.2. The van der Waals surface area contributed by atoms with E-state index in [4.69, 9.17) is 5.73 Å². The van der Waals surface area contributed by atoms with Crippen LogP contribution in [0.4, 0.5) is 11.5 Å². The van der Waals surface area contributed by atoms with Crippen molar-refractivity contribution in [3.63, 3.8) is 0 Å². The van der Waals surface area contributed by atoms with E-state index in [0.717, 1.165) is 36.6 Å². The minimum atomic E-state index is -0.261. The van der Waals surface area contributed by atoms with Gasteiger partial charge in [0.15, 0.2) is 0 Å². The number of pyridine rings is 1. The van der Waals surface area contributed by atoms with Crippen LogP contribution in [0.3, 0.4) is 0 Å². The Labute approximate surface area is 188 Å². The predicted octanol–water partition coefficient (Wildman–Crippen LogP) is 3.04. The smallest absolute Gasteiger partial charge is 0.276 e. The fourth-order valence-electron chi connectivity index (χ4n) is 2.98. The number of halogens is 3. The number of nitrogens with one attached hydrogen (secondary N) is 1. The molecule has 0 saturated carbocycles. The number of amides is 1.